The van der Waals surface area contributed by atoms with Crippen molar-refractivity contribution in [1.29, 1.82) is 0 Å². The average molecular weight is 1860 g/mol. The molecular weight excluding hydrogens is 1730 g/mol. The van der Waals surface area contributed by atoms with E-state index in [0.717, 1.165) is 26.5 Å². The molecule has 0 spiro atoms. The summed E-state index contributed by atoms with van der Waals surface area (Å²) in [6, 6.07) is -1.45. The molecule has 3 aliphatic heterocycles. The zero-order valence-corrected chi connectivity index (χ0v) is 76.1. The molecular formula is C88H126N22O21S. The largest absolute Gasteiger partial charge is 0.497 e. The molecule has 17 amide bonds. The van der Waals surface area contributed by atoms with Gasteiger partial charge < -0.3 is 131 Å². The van der Waals surface area contributed by atoms with Crippen LogP contribution in [-0.2, 0) is 106 Å². The van der Waals surface area contributed by atoms with Gasteiger partial charge in [-0.05, 0) is 112 Å². The van der Waals surface area contributed by atoms with Gasteiger partial charge in [-0.1, -0.05) is 88.1 Å². The number of unbranched alkanes of at least 4 members (excludes halogenated alkanes) is 2. The first-order valence-corrected chi connectivity index (χ1v) is 45.4. The molecule has 3 fully saturated rings. The third-order valence-corrected chi connectivity index (χ3v) is 24.8. The van der Waals surface area contributed by atoms with Crippen LogP contribution in [0.4, 0.5) is 0 Å². The van der Waals surface area contributed by atoms with Crippen LogP contribution in [0.2, 0.25) is 0 Å². The highest BCUT2D eigenvalue weighted by atomic mass is 32.2. The molecule has 3 aliphatic rings. The minimum absolute atomic E-state index is 0.00550. The molecule has 8 rings (SSSR count). The molecule has 43 nitrogen and oxygen atoms in total. The van der Waals surface area contributed by atoms with Gasteiger partial charge in [0.15, 0.2) is 0 Å². The Morgan fingerprint density at radius 3 is 1.64 bits per heavy atom. The number of carboxylic acid groups (broad SMARTS) is 1. The number of aliphatic hydroxyl groups excluding tert-OH is 1. The van der Waals surface area contributed by atoms with Gasteiger partial charge in [-0.3, -0.25) is 86.3 Å². The van der Waals surface area contributed by atoms with E-state index in [2.05, 4.69) is 63.1 Å². The van der Waals surface area contributed by atoms with Gasteiger partial charge in [0.25, 0.3) is 0 Å². The second kappa shape index (κ2) is 50.6. The van der Waals surface area contributed by atoms with E-state index in [1.807, 2.05) is 13.8 Å². The van der Waals surface area contributed by atoms with Crippen molar-refractivity contribution < 1.29 is 101 Å². The van der Waals surface area contributed by atoms with Crippen molar-refractivity contribution in [1.82, 2.24) is 87.6 Å². The van der Waals surface area contributed by atoms with Crippen molar-refractivity contribution in [3.63, 3.8) is 0 Å². The fourth-order valence-electron chi connectivity index (χ4n) is 16.2. The number of benzene rings is 3. The topological polar surface area (TPSA) is 655 Å². The zero-order chi connectivity index (χ0) is 96.7. The number of rotatable bonds is 27. The van der Waals surface area contributed by atoms with Gasteiger partial charge in [0.2, 0.25) is 100 Å². The lowest BCUT2D eigenvalue weighted by atomic mass is 9.99. The maximum absolute atomic E-state index is 15.8. The van der Waals surface area contributed by atoms with Gasteiger partial charge in [0.05, 0.1) is 31.9 Å². The third-order valence-electron chi connectivity index (χ3n) is 23.7. The average Bonchev–Trinajstić information content (AvgIpc) is 1.51. The number of carboxylic acids is 1. The molecule has 2 aromatic heterocycles. The lowest BCUT2D eigenvalue weighted by Gasteiger charge is -2.36. The number of nitrogens with zero attached hydrogens (tertiary/aromatic N) is 5. The minimum atomic E-state index is -1.83. The van der Waals surface area contributed by atoms with E-state index in [1.165, 1.54) is 45.0 Å². The van der Waals surface area contributed by atoms with E-state index in [9.17, 15) is 63.0 Å². The standard InChI is InChI=1S/C88H126N22O21S/c1-8-10-23-67-81(123)99-58(22-16-33-89)77(119)105-66(76(118)96-44-72(93)113)46-132-47-73(114)97-62(36-49-26-28-53(131-7)29-27-49)84(126)106(4)48(3)75(117)102-64(40-71(92)112)87(129)109-35-17-25-68(109)82(124)104-65(41-91)80(122)100-60(30-31-74(115)116)86(128)110-45-52(111)39-70(110)83(125)101-61(37-50-42-94-56-20-14-12-18-54(50)56)79(121)98-59(32-34-90)78(120)103-63(38-51-43-95-57-21-15-13-19-55(51)57)85(127)108(6)69(24-11-9-2)88(130)107(67)5/h12-15,18-21,26-29,42-43,48,52,58-70,94-95,111H,8-11,16-17,22-25,30-41,44-47,89-91H2,1-7H3,(H2,92,112)(H2,93,113)(H,96,118)(H,97,114)(H,98,121)(H,99,123)(H,100,122)(H,101,125)(H,102,117)(H,103,120)(H,104,124)(H,105,119)(H,115,116)/t48-,52+,58-,59-,60-,61-,62-,63-,64-,65-,66-,67-,68?,69-,70-/m0/s1. The Kier molecular flexibility index (Phi) is 40.0. The quantitative estimate of drug-likeness (QED) is 0.0238. The Morgan fingerprint density at radius 2 is 1.04 bits per heavy atom. The summed E-state index contributed by atoms with van der Waals surface area (Å²) in [7, 11) is 5.39. The van der Waals surface area contributed by atoms with Crippen LogP contribution in [0.25, 0.3) is 21.8 Å². The smallest absolute Gasteiger partial charge is 0.303 e. The highest BCUT2D eigenvalue weighted by Crippen LogP contribution is 2.28. The fourth-order valence-corrected chi connectivity index (χ4v) is 17.0. The molecule has 132 heavy (non-hydrogen) atoms. The van der Waals surface area contributed by atoms with Crippen molar-refractivity contribution in [2.75, 3.05) is 79.0 Å². The van der Waals surface area contributed by atoms with Crippen LogP contribution in [0, 0.1) is 0 Å². The Balaban J connectivity index is 1.19. The SMILES string of the molecule is CCCC[C@H]1C(=O)N(C)[C@@H](CCCC)C(=O)N[C@@H](CCCN)C(=O)N[C@H](C(=O)NCC(N)=O)CSCC(=O)N[C@@H](Cc2ccc(OC)cc2)C(=O)N(C)[C@@H](C)C(=O)N[C@@H](CC(N)=O)C(=O)N2CCCC2C(=O)N[C@@H](CN)C(=O)N[C@@H](CCC(=O)O)C(=O)N2C[C@H](O)C[C@H]2C(=O)N[C@@H](Cc2c[nH]c3ccccc23)C(=O)N[C@@H](CCN)C(=O)N[C@@H](Cc2c[nH]c3ccccc23)C(=O)N1C. The number of amides is 17. The van der Waals surface area contributed by atoms with Crippen molar-refractivity contribution >= 4 is 140 Å². The van der Waals surface area contributed by atoms with E-state index in [4.69, 9.17) is 33.4 Å². The van der Waals surface area contributed by atoms with Crippen LogP contribution in [0.5, 0.6) is 5.75 Å². The number of aromatic nitrogens is 2. The van der Waals surface area contributed by atoms with E-state index in [0.29, 0.717) is 69.9 Å². The molecule has 5 heterocycles. The third kappa shape index (κ3) is 28.8. The molecule has 3 saturated heterocycles. The van der Waals surface area contributed by atoms with Crippen LogP contribution in [0.15, 0.2) is 85.2 Å². The van der Waals surface area contributed by atoms with Crippen molar-refractivity contribution in [3.05, 3.63) is 102 Å². The summed E-state index contributed by atoms with van der Waals surface area (Å²) < 4.78 is 5.33. The number of fused-ring (bicyclic) bond motifs is 4. The van der Waals surface area contributed by atoms with E-state index >= 15 is 33.6 Å². The lowest BCUT2D eigenvalue weighted by Crippen LogP contribution is -2.61. The van der Waals surface area contributed by atoms with E-state index < -0.39 is 254 Å². The molecule has 3 aromatic carbocycles. The number of aliphatic hydroxyl groups is 1. The first-order valence-electron chi connectivity index (χ1n) is 44.2. The number of likely N-dealkylation sites (N-methyl/N-ethyl adjacent to an activating group) is 3. The molecule has 5 aromatic rings. The monoisotopic (exact) mass is 1860 g/mol. The predicted molar refractivity (Wildman–Crippen MR) is 485 cm³/mol. The number of carbonyl (C=O) groups is 18. The number of hydrogen-bond acceptors (Lipinski definition) is 24. The molecule has 0 bridgehead atoms. The number of primary amides is 2. The highest BCUT2D eigenvalue weighted by Gasteiger charge is 2.47. The number of H-pyrrole nitrogens is 2. The highest BCUT2D eigenvalue weighted by molar-refractivity contribution is 8.00. The molecule has 1 unspecified atom stereocenters. The second-order valence-electron chi connectivity index (χ2n) is 33.3. The van der Waals surface area contributed by atoms with Gasteiger partial charge in [0, 0.05) is 113 Å². The molecule has 720 valence electrons. The predicted octanol–water partition coefficient (Wildman–Crippen LogP) is -3.98. The Morgan fingerprint density at radius 1 is 0.515 bits per heavy atom. The summed E-state index contributed by atoms with van der Waals surface area (Å²) in [6.45, 7) is 2.61. The van der Waals surface area contributed by atoms with Gasteiger partial charge in [-0.25, -0.2) is 0 Å². The first-order chi connectivity index (χ1) is 62.9. The molecule has 44 heteroatoms. The number of aromatic amines is 2. The summed E-state index contributed by atoms with van der Waals surface area (Å²) in [4.78, 5) is 272. The maximum Gasteiger partial charge on any atom is 0.303 e. The Labute approximate surface area is 767 Å². The molecule has 0 saturated carbocycles. The lowest BCUT2D eigenvalue weighted by molar-refractivity contribution is -0.149. The maximum atomic E-state index is 15.8. The number of nitrogens with two attached hydrogens (primary N) is 5. The van der Waals surface area contributed by atoms with Crippen LogP contribution in [0.1, 0.15) is 134 Å². The van der Waals surface area contributed by atoms with Gasteiger partial charge >= 0.3 is 5.97 Å². The number of hydrogen-bond donors (Lipinski definition) is 19. The normalized spacial score (nSPS) is 25.0. The summed E-state index contributed by atoms with van der Waals surface area (Å²) in [6.07, 6.45) is -0.159. The second-order valence-corrected chi connectivity index (χ2v) is 34.3. The number of carbonyl (C=O) groups excluding carboxylic acids is 17. The number of nitrogens with one attached hydrogen (secondary N) is 12. The summed E-state index contributed by atoms with van der Waals surface area (Å²) in [5.74, 6) is -18.2. The molecule has 0 aliphatic carbocycles. The molecule has 15 atom stereocenters. The van der Waals surface area contributed by atoms with Gasteiger partial charge in [-0.15, -0.1) is 11.8 Å². The molecule has 24 N–H and O–H groups in total. The summed E-state index contributed by atoms with van der Waals surface area (Å²) in [5, 5.41) is 48.7. The van der Waals surface area contributed by atoms with Crippen LogP contribution in [-0.4, -0.2) is 321 Å². The Hall–Kier alpha value is -12.8. The zero-order valence-electron chi connectivity index (χ0n) is 75.3. The molecule has 0 radical (unpaired) electrons. The number of aliphatic carboxylic acids is 1. The number of methoxy groups -OCH3 is 1. The number of para-hydroxylation sites is 2. The first kappa shape index (κ1) is 105. The van der Waals surface area contributed by atoms with Crippen molar-refractivity contribution in [2.45, 2.75) is 227 Å². The number of thioether (sulfide) groups is 1. The van der Waals surface area contributed by atoms with Crippen LogP contribution < -0.4 is 86.6 Å². The van der Waals surface area contributed by atoms with Crippen molar-refractivity contribution in [2.24, 2.45) is 28.7 Å². The van der Waals surface area contributed by atoms with Crippen molar-refractivity contribution in [3.8, 4) is 5.75 Å². The Bertz CT molecular complexity index is 4940. The number of ether oxygens (including phenoxy) is 1. The van der Waals surface area contributed by atoms with Gasteiger partial charge in [0.1, 0.15) is 90.3 Å². The van der Waals surface area contributed by atoms with Gasteiger partial charge in [-0.2, -0.15) is 0 Å². The van der Waals surface area contributed by atoms with Crippen LogP contribution >= 0.6 is 11.8 Å². The van der Waals surface area contributed by atoms with Crippen LogP contribution in [0.3, 0.4) is 0 Å². The summed E-state index contributed by atoms with van der Waals surface area (Å²) in [5.41, 5.74) is 32.2. The summed E-state index contributed by atoms with van der Waals surface area (Å²) >= 11 is 0.790. The van der Waals surface area contributed by atoms with E-state index in [1.54, 1.807) is 85.2 Å². The minimum Gasteiger partial charge on any atom is -0.497 e. The van der Waals surface area contributed by atoms with E-state index in [-0.39, 0.29) is 83.8 Å². The fraction of sp³-hybridized carbons (Fsp3) is 0.545.